The van der Waals surface area contributed by atoms with E-state index in [0.29, 0.717) is 18.1 Å². The van der Waals surface area contributed by atoms with Crippen molar-refractivity contribution in [1.82, 2.24) is 4.98 Å². The molecule has 1 aromatic heterocycles. The Hall–Kier alpha value is -1.79. The third kappa shape index (κ3) is 2.53. The van der Waals surface area contributed by atoms with Crippen molar-refractivity contribution in [3.8, 4) is 5.75 Å². The highest BCUT2D eigenvalue weighted by Gasteiger charge is 2.36. The number of hydrogen-bond acceptors (Lipinski definition) is 6. The molecule has 3 rings (SSSR count). The van der Waals surface area contributed by atoms with Crippen molar-refractivity contribution in [2.24, 2.45) is 5.92 Å². The average Bonchev–Trinajstić information content (AvgIpc) is 2.54. The van der Waals surface area contributed by atoms with Crippen LogP contribution in [0.3, 0.4) is 0 Å². The zero-order valence-electron chi connectivity index (χ0n) is 12.4. The number of aliphatic hydroxyl groups excluding tert-OH is 1. The standard InChI is InChI=1S/C16H17NO4S/c1-3-21-16(19)11-8-22-13-7-17-12-5-4-9(20-2)6-10(12)14(13)15(11)18/h4-7,11,15,18H,3,8H2,1-2H3. The van der Waals surface area contributed by atoms with Crippen LogP contribution in [-0.4, -0.2) is 35.5 Å². The molecule has 6 heteroatoms. The van der Waals surface area contributed by atoms with Crippen LogP contribution in [0.2, 0.25) is 0 Å². The molecule has 1 aliphatic rings. The molecule has 0 spiro atoms. The summed E-state index contributed by atoms with van der Waals surface area (Å²) in [5.74, 6) is 0.262. The second kappa shape index (κ2) is 6.14. The van der Waals surface area contributed by atoms with Gasteiger partial charge in [0.15, 0.2) is 0 Å². The Bertz CT molecular complexity index is 713. The number of benzene rings is 1. The molecule has 116 valence electrons. The summed E-state index contributed by atoms with van der Waals surface area (Å²) in [6, 6.07) is 5.52. The predicted molar refractivity (Wildman–Crippen MR) is 84.1 cm³/mol. The van der Waals surface area contributed by atoms with Crippen LogP contribution in [0.1, 0.15) is 18.6 Å². The number of esters is 1. The second-order valence-electron chi connectivity index (χ2n) is 5.03. The van der Waals surface area contributed by atoms with Gasteiger partial charge < -0.3 is 14.6 Å². The minimum absolute atomic E-state index is 0.310. The van der Waals surface area contributed by atoms with Crippen LogP contribution in [-0.2, 0) is 9.53 Å². The first-order chi connectivity index (χ1) is 10.7. The van der Waals surface area contributed by atoms with Gasteiger partial charge in [0.25, 0.3) is 0 Å². The van der Waals surface area contributed by atoms with Gasteiger partial charge in [-0.25, -0.2) is 0 Å². The van der Waals surface area contributed by atoms with Gasteiger partial charge in [0.2, 0.25) is 0 Å². The number of ether oxygens (including phenoxy) is 2. The lowest BCUT2D eigenvalue weighted by atomic mass is 9.94. The van der Waals surface area contributed by atoms with E-state index in [-0.39, 0.29) is 5.97 Å². The maximum atomic E-state index is 12.0. The Morgan fingerprint density at radius 3 is 3.05 bits per heavy atom. The van der Waals surface area contributed by atoms with Gasteiger partial charge >= 0.3 is 5.97 Å². The minimum Gasteiger partial charge on any atom is -0.497 e. The maximum Gasteiger partial charge on any atom is 0.312 e. The summed E-state index contributed by atoms with van der Waals surface area (Å²) in [4.78, 5) is 17.3. The number of thioether (sulfide) groups is 1. The van der Waals surface area contributed by atoms with E-state index in [9.17, 15) is 9.90 Å². The normalized spacial score (nSPS) is 20.5. The van der Waals surface area contributed by atoms with Crippen LogP contribution in [0.4, 0.5) is 0 Å². The number of methoxy groups -OCH3 is 1. The zero-order valence-corrected chi connectivity index (χ0v) is 13.2. The summed E-state index contributed by atoms with van der Waals surface area (Å²) in [5, 5.41) is 11.5. The van der Waals surface area contributed by atoms with Crippen LogP contribution >= 0.6 is 11.8 Å². The van der Waals surface area contributed by atoms with Gasteiger partial charge in [-0.15, -0.1) is 11.8 Å². The van der Waals surface area contributed by atoms with Crippen molar-refractivity contribution in [3.63, 3.8) is 0 Å². The highest BCUT2D eigenvalue weighted by molar-refractivity contribution is 7.99. The molecule has 22 heavy (non-hydrogen) atoms. The third-order valence-corrected chi connectivity index (χ3v) is 4.93. The molecule has 2 unspecified atom stereocenters. The molecular weight excluding hydrogens is 302 g/mol. The first kappa shape index (κ1) is 15.1. The molecule has 0 saturated heterocycles. The van der Waals surface area contributed by atoms with E-state index >= 15 is 0 Å². The van der Waals surface area contributed by atoms with Crippen LogP contribution in [0.25, 0.3) is 10.9 Å². The number of pyridine rings is 1. The number of nitrogens with zero attached hydrogens (tertiary/aromatic N) is 1. The molecule has 1 aromatic carbocycles. The van der Waals surface area contributed by atoms with Gasteiger partial charge in [-0.2, -0.15) is 0 Å². The summed E-state index contributed by atoms with van der Waals surface area (Å²) in [5.41, 5.74) is 1.50. The number of aliphatic hydroxyl groups is 1. The smallest absolute Gasteiger partial charge is 0.312 e. The molecule has 0 radical (unpaired) electrons. The zero-order chi connectivity index (χ0) is 15.7. The fourth-order valence-corrected chi connectivity index (χ4v) is 3.83. The van der Waals surface area contributed by atoms with Crippen LogP contribution in [0, 0.1) is 5.92 Å². The molecule has 2 heterocycles. The first-order valence-corrected chi connectivity index (χ1v) is 8.08. The van der Waals surface area contributed by atoms with Gasteiger partial charge in [0.05, 0.1) is 31.3 Å². The Labute approximate surface area is 132 Å². The SMILES string of the molecule is CCOC(=O)C1CSc2cnc3ccc(OC)cc3c2C1O. The molecule has 0 saturated carbocycles. The average molecular weight is 319 g/mol. The van der Waals surface area contributed by atoms with Gasteiger partial charge in [0, 0.05) is 27.8 Å². The van der Waals surface area contributed by atoms with Gasteiger partial charge in [-0.3, -0.25) is 9.78 Å². The second-order valence-corrected chi connectivity index (χ2v) is 6.10. The van der Waals surface area contributed by atoms with Crippen molar-refractivity contribution in [1.29, 1.82) is 0 Å². The highest BCUT2D eigenvalue weighted by atomic mass is 32.2. The monoisotopic (exact) mass is 319 g/mol. The van der Waals surface area contributed by atoms with Crippen molar-refractivity contribution in [2.45, 2.75) is 17.9 Å². The van der Waals surface area contributed by atoms with Gasteiger partial charge in [0.1, 0.15) is 5.75 Å². The number of fused-ring (bicyclic) bond motifs is 3. The minimum atomic E-state index is -0.895. The Morgan fingerprint density at radius 2 is 2.32 bits per heavy atom. The van der Waals surface area contributed by atoms with Crippen LogP contribution in [0.5, 0.6) is 5.75 Å². The van der Waals surface area contributed by atoms with Crippen molar-refractivity contribution in [3.05, 3.63) is 30.0 Å². The summed E-state index contributed by atoms with van der Waals surface area (Å²) in [6.45, 7) is 2.07. The van der Waals surface area contributed by atoms with Crippen LogP contribution < -0.4 is 4.74 Å². The van der Waals surface area contributed by atoms with Gasteiger partial charge in [-0.1, -0.05) is 0 Å². The molecule has 0 fully saturated rings. The van der Waals surface area contributed by atoms with Crippen molar-refractivity contribution >= 4 is 28.6 Å². The van der Waals surface area contributed by atoms with Crippen molar-refractivity contribution < 1.29 is 19.4 Å². The molecule has 1 aliphatic heterocycles. The quantitative estimate of drug-likeness (QED) is 0.877. The molecule has 1 N–H and O–H groups in total. The Balaban J connectivity index is 2.10. The highest BCUT2D eigenvalue weighted by Crippen LogP contribution is 2.43. The largest absolute Gasteiger partial charge is 0.497 e. The predicted octanol–water partition coefficient (Wildman–Crippen LogP) is 2.56. The number of carbonyl (C=O) groups is 1. The van der Waals surface area contributed by atoms with E-state index in [0.717, 1.165) is 21.4 Å². The number of carbonyl (C=O) groups excluding carboxylic acids is 1. The molecule has 0 bridgehead atoms. The Kier molecular flexibility index (Phi) is 4.22. The first-order valence-electron chi connectivity index (χ1n) is 7.09. The van der Waals surface area contributed by atoms with Gasteiger partial charge in [-0.05, 0) is 25.1 Å². The number of hydrogen-bond donors (Lipinski definition) is 1. The summed E-state index contributed by atoms with van der Waals surface area (Å²) in [6.07, 6.45) is 0.854. The summed E-state index contributed by atoms with van der Waals surface area (Å²) >= 11 is 1.52. The molecule has 2 atom stereocenters. The molecule has 0 amide bonds. The van der Waals surface area contributed by atoms with E-state index in [2.05, 4.69) is 4.98 Å². The lowest BCUT2D eigenvalue weighted by Gasteiger charge is -2.28. The number of rotatable bonds is 3. The molecule has 0 aliphatic carbocycles. The number of aromatic nitrogens is 1. The van der Waals surface area contributed by atoms with E-state index in [1.54, 1.807) is 20.2 Å². The fourth-order valence-electron chi connectivity index (χ4n) is 2.64. The fraction of sp³-hybridized carbons (Fsp3) is 0.375. The Morgan fingerprint density at radius 1 is 1.50 bits per heavy atom. The van der Waals surface area contributed by atoms with Crippen LogP contribution in [0.15, 0.2) is 29.3 Å². The third-order valence-electron chi connectivity index (χ3n) is 3.76. The summed E-state index contributed by atoms with van der Waals surface area (Å²) in [7, 11) is 1.59. The topological polar surface area (TPSA) is 68.7 Å². The summed E-state index contributed by atoms with van der Waals surface area (Å²) < 4.78 is 10.3. The van der Waals surface area contributed by atoms with E-state index < -0.39 is 12.0 Å². The van der Waals surface area contributed by atoms with E-state index in [4.69, 9.17) is 9.47 Å². The van der Waals surface area contributed by atoms with Crippen molar-refractivity contribution in [2.75, 3.05) is 19.5 Å². The molecule has 2 aromatic rings. The molecule has 5 nitrogen and oxygen atoms in total. The maximum absolute atomic E-state index is 12.0. The lowest BCUT2D eigenvalue weighted by molar-refractivity contribution is -0.151. The molecular formula is C16H17NO4S. The van der Waals surface area contributed by atoms with E-state index in [1.165, 1.54) is 11.8 Å². The lowest BCUT2D eigenvalue weighted by Crippen LogP contribution is -2.29. The van der Waals surface area contributed by atoms with E-state index in [1.807, 2.05) is 18.2 Å².